The first-order valence-corrected chi connectivity index (χ1v) is 9.93. The summed E-state index contributed by atoms with van der Waals surface area (Å²) in [6.07, 6.45) is 9.94. The fourth-order valence-electron chi connectivity index (χ4n) is 4.45. The highest BCUT2D eigenvalue weighted by Gasteiger charge is 2.50. The summed E-state index contributed by atoms with van der Waals surface area (Å²) in [5.74, 6) is 0.0329. The molecule has 1 aromatic carbocycles. The molecule has 2 fully saturated rings. The number of hydrogen-bond donors (Lipinski definition) is 1. The van der Waals surface area contributed by atoms with Gasteiger partial charge in [-0.3, -0.25) is 9.59 Å². The van der Waals surface area contributed by atoms with Gasteiger partial charge in [0.25, 0.3) is 0 Å². The number of nitrogens with one attached hydrogen (secondary N) is 1. The number of hydrogen-bond acceptors (Lipinski definition) is 2. The number of benzene rings is 1. The lowest BCUT2D eigenvalue weighted by Gasteiger charge is -2.29. The molecule has 0 spiro atoms. The van der Waals surface area contributed by atoms with E-state index in [-0.39, 0.29) is 23.7 Å². The van der Waals surface area contributed by atoms with E-state index in [2.05, 4.69) is 11.4 Å². The van der Waals surface area contributed by atoms with E-state index in [0.717, 1.165) is 44.3 Å². The summed E-state index contributed by atoms with van der Waals surface area (Å²) in [5, 5.41) is 3.22. The molecular weight excluding hydrogens is 312 g/mol. The topological polar surface area (TPSA) is 49.4 Å². The molecule has 2 aliphatic carbocycles. The Balaban J connectivity index is 1.36. The van der Waals surface area contributed by atoms with Crippen molar-refractivity contribution < 1.29 is 9.59 Å². The molecule has 3 aliphatic rings. The van der Waals surface area contributed by atoms with Crippen LogP contribution in [0.15, 0.2) is 24.3 Å². The van der Waals surface area contributed by atoms with Gasteiger partial charge in [-0.05, 0) is 43.7 Å². The molecule has 4 nitrogen and oxygen atoms in total. The van der Waals surface area contributed by atoms with E-state index in [9.17, 15) is 9.59 Å². The van der Waals surface area contributed by atoms with E-state index < -0.39 is 0 Å². The van der Waals surface area contributed by atoms with Gasteiger partial charge in [0, 0.05) is 18.3 Å². The standard InChI is InChI=1S/C21H28N2O2/c24-20(22-16-10-3-1-2-4-11-16)17-14-18(17)21(25)23-13-7-9-15-8-5-6-12-19(15)23/h5-6,8,12,16-18H,1-4,7,9-11,13-14H2,(H,22,24). The third-order valence-corrected chi connectivity index (χ3v) is 6.02. The van der Waals surface area contributed by atoms with E-state index in [1.807, 2.05) is 23.1 Å². The highest BCUT2D eigenvalue weighted by Crippen LogP contribution is 2.42. The Bertz CT molecular complexity index is 649. The van der Waals surface area contributed by atoms with Gasteiger partial charge in [-0.15, -0.1) is 0 Å². The molecule has 1 heterocycles. The Labute approximate surface area is 150 Å². The van der Waals surface area contributed by atoms with Crippen molar-refractivity contribution in [3.05, 3.63) is 29.8 Å². The van der Waals surface area contributed by atoms with Gasteiger partial charge in [0.15, 0.2) is 0 Å². The summed E-state index contributed by atoms with van der Waals surface area (Å²) < 4.78 is 0. The molecule has 2 amide bonds. The summed E-state index contributed by atoms with van der Waals surface area (Å²) in [4.78, 5) is 27.4. The zero-order valence-corrected chi connectivity index (χ0v) is 14.9. The lowest BCUT2D eigenvalue weighted by Crippen LogP contribution is -2.39. The summed E-state index contributed by atoms with van der Waals surface area (Å²) in [6, 6.07) is 8.50. The van der Waals surface area contributed by atoms with Gasteiger partial charge in [-0.25, -0.2) is 0 Å². The van der Waals surface area contributed by atoms with Gasteiger partial charge in [0.1, 0.15) is 0 Å². The summed E-state index contributed by atoms with van der Waals surface area (Å²) in [7, 11) is 0. The van der Waals surface area contributed by atoms with Crippen LogP contribution in [-0.2, 0) is 16.0 Å². The zero-order chi connectivity index (χ0) is 17.2. The number of rotatable bonds is 3. The van der Waals surface area contributed by atoms with Crippen molar-refractivity contribution in [2.24, 2.45) is 11.8 Å². The average molecular weight is 340 g/mol. The minimum atomic E-state index is -0.114. The third-order valence-electron chi connectivity index (χ3n) is 6.02. The molecule has 1 aromatic rings. The van der Waals surface area contributed by atoms with Crippen LogP contribution in [-0.4, -0.2) is 24.4 Å². The second kappa shape index (κ2) is 7.19. The largest absolute Gasteiger partial charge is 0.353 e. The van der Waals surface area contributed by atoms with Crippen molar-refractivity contribution in [3.63, 3.8) is 0 Å². The Hall–Kier alpha value is -1.84. The van der Waals surface area contributed by atoms with Crippen molar-refractivity contribution >= 4 is 17.5 Å². The predicted octanol–water partition coefficient (Wildman–Crippen LogP) is 3.44. The van der Waals surface area contributed by atoms with Crippen LogP contribution < -0.4 is 10.2 Å². The van der Waals surface area contributed by atoms with Gasteiger partial charge in [-0.1, -0.05) is 43.9 Å². The van der Waals surface area contributed by atoms with Crippen LogP contribution >= 0.6 is 0 Å². The number of para-hydroxylation sites is 1. The van der Waals surface area contributed by atoms with Crippen LogP contribution in [0.3, 0.4) is 0 Å². The van der Waals surface area contributed by atoms with E-state index in [1.165, 1.54) is 31.2 Å². The molecule has 134 valence electrons. The molecule has 0 bridgehead atoms. The maximum atomic E-state index is 12.9. The van der Waals surface area contributed by atoms with E-state index in [4.69, 9.17) is 0 Å². The van der Waals surface area contributed by atoms with Crippen LogP contribution in [0.5, 0.6) is 0 Å². The molecule has 1 N–H and O–H groups in total. The van der Waals surface area contributed by atoms with Gasteiger partial charge >= 0.3 is 0 Å². The van der Waals surface area contributed by atoms with Crippen molar-refractivity contribution in [2.75, 3.05) is 11.4 Å². The third kappa shape index (κ3) is 3.58. The van der Waals surface area contributed by atoms with Crippen LogP contribution in [0.1, 0.15) is 56.9 Å². The van der Waals surface area contributed by atoms with Crippen LogP contribution in [0, 0.1) is 11.8 Å². The normalized spacial score (nSPS) is 26.5. The number of aryl methyl sites for hydroxylation is 1. The highest BCUT2D eigenvalue weighted by molar-refractivity contribution is 6.01. The Morgan fingerprint density at radius 3 is 2.52 bits per heavy atom. The number of carbonyl (C=O) groups excluding carboxylic acids is 2. The monoisotopic (exact) mass is 340 g/mol. The SMILES string of the molecule is O=C(NC1CCCCCC1)C1CC1C(=O)N1CCCc2ccccc21. The predicted molar refractivity (Wildman–Crippen MR) is 98.3 cm³/mol. The fourth-order valence-corrected chi connectivity index (χ4v) is 4.45. The number of fused-ring (bicyclic) bond motifs is 1. The van der Waals surface area contributed by atoms with Crippen molar-refractivity contribution in [1.82, 2.24) is 5.32 Å². The van der Waals surface area contributed by atoms with Crippen molar-refractivity contribution in [3.8, 4) is 0 Å². The molecule has 0 saturated heterocycles. The molecule has 25 heavy (non-hydrogen) atoms. The lowest BCUT2D eigenvalue weighted by molar-refractivity contribution is -0.126. The van der Waals surface area contributed by atoms with Crippen LogP contribution in [0.4, 0.5) is 5.69 Å². The summed E-state index contributed by atoms with van der Waals surface area (Å²) in [5.41, 5.74) is 2.30. The molecule has 1 aliphatic heterocycles. The molecule has 0 radical (unpaired) electrons. The molecule has 2 unspecified atom stereocenters. The fraction of sp³-hybridized carbons (Fsp3) is 0.619. The second-order valence-electron chi connectivity index (χ2n) is 7.87. The molecule has 2 saturated carbocycles. The van der Waals surface area contributed by atoms with Gasteiger partial charge in [0.05, 0.1) is 11.8 Å². The average Bonchev–Trinajstić information content (AvgIpc) is 3.45. The Kier molecular flexibility index (Phi) is 4.78. The maximum Gasteiger partial charge on any atom is 0.230 e. The van der Waals surface area contributed by atoms with Crippen LogP contribution in [0.25, 0.3) is 0 Å². The van der Waals surface area contributed by atoms with E-state index in [0.29, 0.717) is 6.04 Å². The number of nitrogens with zero attached hydrogens (tertiary/aromatic N) is 1. The molecule has 4 rings (SSSR count). The highest BCUT2D eigenvalue weighted by atomic mass is 16.2. The van der Waals surface area contributed by atoms with Crippen molar-refractivity contribution in [1.29, 1.82) is 0 Å². The maximum absolute atomic E-state index is 12.9. The van der Waals surface area contributed by atoms with E-state index >= 15 is 0 Å². The first-order valence-electron chi connectivity index (χ1n) is 9.93. The Morgan fingerprint density at radius 1 is 0.960 bits per heavy atom. The quantitative estimate of drug-likeness (QED) is 0.857. The molecular formula is C21H28N2O2. The number of carbonyl (C=O) groups is 2. The van der Waals surface area contributed by atoms with Gasteiger partial charge in [0.2, 0.25) is 11.8 Å². The number of anilines is 1. The first kappa shape index (κ1) is 16.6. The second-order valence-corrected chi connectivity index (χ2v) is 7.87. The Morgan fingerprint density at radius 2 is 1.72 bits per heavy atom. The van der Waals surface area contributed by atoms with Gasteiger partial charge < -0.3 is 10.2 Å². The molecule has 0 aromatic heterocycles. The summed E-state index contributed by atoms with van der Waals surface area (Å²) >= 11 is 0. The number of amides is 2. The molecule has 4 heteroatoms. The first-order chi connectivity index (χ1) is 12.2. The van der Waals surface area contributed by atoms with Crippen molar-refractivity contribution in [2.45, 2.75) is 63.8 Å². The molecule has 2 atom stereocenters. The lowest BCUT2D eigenvalue weighted by atomic mass is 10.0. The van der Waals surface area contributed by atoms with Crippen LogP contribution in [0.2, 0.25) is 0 Å². The van der Waals surface area contributed by atoms with Gasteiger partial charge in [-0.2, -0.15) is 0 Å². The minimum Gasteiger partial charge on any atom is -0.353 e. The smallest absolute Gasteiger partial charge is 0.230 e. The zero-order valence-electron chi connectivity index (χ0n) is 14.9. The van der Waals surface area contributed by atoms with E-state index in [1.54, 1.807) is 0 Å². The minimum absolute atomic E-state index is 0.107. The summed E-state index contributed by atoms with van der Waals surface area (Å²) in [6.45, 7) is 0.781.